The molecule has 0 aliphatic carbocycles. The largest absolute Gasteiger partial charge is 0.378 e. The van der Waals surface area contributed by atoms with Crippen LogP contribution in [0.25, 0.3) is 0 Å². The predicted octanol–water partition coefficient (Wildman–Crippen LogP) is 4.50. The summed E-state index contributed by atoms with van der Waals surface area (Å²) in [7, 11) is 0. The van der Waals surface area contributed by atoms with Gasteiger partial charge in [0.2, 0.25) is 0 Å². The highest BCUT2D eigenvalue weighted by atomic mass is 16.5. The normalized spacial score (nSPS) is 15.5. The first-order valence-corrected chi connectivity index (χ1v) is 11.0. The molecule has 0 aromatic heterocycles. The maximum atomic E-state index is 12.9. The van der Waals surface area contributed by atoms with E-state index in [1.165, 1.54) is 11.3 Å². The Labute approximate surface area is 175 Å². The Morgan fingerprint density at radius 1 is 1.03 bits per heavy atom. The van der Waals surface area contributed by atoms with Crippen LogP contribution in [-0.2, 0) is 16.0 Å². The molecule has 4 heteroatoms. The first-order chi connectivity index (χ1) is 14.2. The zero-order chi connectivity index (χ0) is 20.5. The number of ketones is 1. The van der Waals surface area contributed by atoms with E-state index in [0.717, 1.165) is 57.8 Å². The van der Waals surface area contributed by atoms with Crippen LogP contribution in [0.4, 0.5) is 5.69 Å². The van der Waals surface area contributed by atoms with Gasteiger partial charge in [-0.05, 0) is 49.2 Å². The minimum atomic E-state index is -0.153. The molecule has 1 unspecified atom stereocenters. The second-order valence-electron chi connectivity index (χ2n) is 7.63. The lowest BCUT2D eigenvalue weighted by atomic mass is 9.98. The summed E-state index contributed by atoms with van der Waals surface area (Å²) in [6, 6.07) is 19.0. The van der Waals surface area contributed by atoms with Crippen LogP contribution >= 0.6 is 0 Å². The van der Waals surface area contributed by atoms with Crippen molar-refractivity contribution in [2.75, 3.05) is 44.3 Å². The fraction of sp³-hybridized carbons (Fsp3) is 0.480. The van der Waals surface area contributed by atoms with E-state index in [1.54, 1.807) is 0 Å². The number of ether oxygens (including phenoxy) is 1. The third-order valence-electron chi connectivity index (χ3n) is 5.76. The number of carbonyl (C=O) groups is 1. The summed E-state index contributed by atoms with van der Waals surface area (Å²) in [6.45, 7) is 9.33. The zero-order valence-corrected chi connectivity index (χ0v) is 17.8. The van der Waals surface area contributed by atoms with Gasteiger partial charge in [-0.15, -0.1) is 0 Å². The Kier molecular flexibility index (Phi) is 8.26. The second kappa shape index (κ2) is 11.1. The number of rotatable bonds is 10. The van der Waals surface area contributed by atoms with E-state index >= 15 is 0 Å². The van der Waals surface area contributed by atoms with Crippen molar-refractivity contribution < 1.29 is 9.53 Å². The van der Waals surface area contributed by atoms with Gasteiger partial charge in [0.25, 0.3) is 0 Å². The van der Waals surface area contributed by atoms with Crippen molar-refractivity contribution in [3.05, 3.63) is 65.7 Å². The first kappa shape index (κ1) is 21.5. The third kappa shape index (κ3) is 5.91. The number of nitrogens with zero attached hydrogens (tertiary/aromatic N) is 2. The van der Waals surface area contributed by atoms with Crippen molar-refractivity contribution in [3.8, 4) is 0 Å². The standard InChI is InChI=1S/C25H34N2O2/c1-3-24(28)25(26(4-2)16-8-11-21-9-6-5-7-10-21)22-12-14-23(15-13-22)27-17-19-29-20-18-27/h5-7,9-10,12-15,25H,3-4,8,11,16-20H2,1-2H3. The highest BCUT2D eigenvalue weighted by Gasteiger charge is 2.25. The van der Waals surface area contributed by atoms with E-state index in [9.17, 15) is 4.79 Å². The number of aryl methyl sites for hydroxylation is 1. The van der Waals surface area contributed by atoms with Gasteiger partial charge in [-0.2, -0.15) is 0 Å². The summed E-state index contributed by atoms with van der Waals surface area (Å²) in [5.74, 6) is 0.297. The van der Waals surface area contributed by atoms with E-state index in [0.29, 0.717) is 12.2 Å². The summed E-state index contributed by atoms with van der Waals surface area (Å²) in [4.78, 5) is 17.5. The molecule has 0 bridgehead atoms. The number of benzene rings is 2. The van der Waals surface area contributed by atoms with Crippen molar-refractivity contribution in [1.29, 1.82) is 0 Å². The van der Waals surface area contributed by atoms with Crippen molar-refractivity contribution in [2.24, 2.45) is 0 Å². The molecule has 0 saturated carbocycles. The van der Waals surface area contributed by atoms with Crippen LogP contribution in [0, 0.1) is 0 Å². The average molecular weight is 395 g/mol. The van der Waals surface area contributed by atoms with Crippen molar-refractivity contribution in [1.82, 2.24) is 4.90 Å². The molecule has 0 spiro atoms. The Morgan fingerprint density at radius 3 is 2.34 bits per heavy atom. The quantitative estimate of drug-likeness (QED) is 0.594. The van der Waals surface area contributed by atoms with E-state index in [4.69, 9.17) is 4.74 Å². The minimum Gasteiger partial charge on any atom is -0.378 e. The van der Waals surface area contributed by atoms with E-state index < -0.39 is 0 Å². The molecule has 29 heavy (non-hydrogen) atoms. The molecule has 156 valence electrons. The van der Waals surface area contributed by atoms with Gasteiger partial charge < -0.3 is 9.64 Å². The fourth-order valence-electron chi connectivity index (χ4n) is 4.08. The Balaban J connectivity index is 1.68. The number of hydrogen-bond donors (Lipinski definition) is 0. The van der Waals surface area contributed by atoms with Crippen LogP contribution in [0.2, 0.25) is 0 Å². The van der Waals surface area contributed by atoms with Gasteiger partial charge in [0, 0.05) is 25.2 Å². The van der Waals surface area contributed by atoms with Gasteiger partial charge in [-0.25, -0.2) is 0 Å². The molecule has 1 aliphatic rings. The van der Waals surface area contributed by atoms with Crippen molar-refractivity contribution in [3.63, 3.8) is 0 Å². The Bertz CT molecular complexity index is 739. The molecule has 0 radical (unpaired) electrons. The number of anilines is 1. The number of Topliss-reactive ketones (excluding diaryl/α,β-unsaturated/α-hetero) is 1. The highest BCUT2D eigenvalue weighted by Crippen LogP contribution is 2.26. The summed E-state index contributed by atoms with van der Waals surface area (Å²) >= 11 is 0. The van der Waals surface area contributed by atoms with Crippen LogP contribution in [0.5, 0.6) is 0 Å². The van der Waals surface area contributed by atoms with Crippen LogP contribution < -0.4 is 4.90 Å². The number of carbonyl (C=O) groups excluding carboxylic acids is 1. The zero-order valence-electron chi connectivity index (χ0n) is 17.8. The average Bonchev–Trinajstić information content (AvgIpc) is 2.79. The molecule has 1 aliphatic heterocycles. The van der Waals surface area contributed by atoms with Crippen LogP contribution in [0.1, 0.15) is 43.9 Å². The number of morpholine rings is 1. The summed E-state index contributed by atoms with van der Waals surface area (Å²) in [6.07, 6.45) is 2.66. The Morgan fingerprint density at radius 2 is 1.72 bits per heavy atom. The van der Waals surface area contributed by atoms with Crippen molar-refractivity contribution in [2.45, 2.75) is 39.2 Å². The van der Waals surface area contributed by atoms with Gasteiger partial charge in [0.05, 0.1) is 19.3 Å². The molecule has 3 rings (SSSR count). The van der Waals surface area contributed by atoms with Crippen molar-refractivity contribution >= 4 is 11.5 Å². The smallest absolute Gasteiger partial charge is 0.154 e. The maximum Gasteiger partial charge on any atom is 0.154 e. The van der Waals surface area contributed by atoms with Crippen LogP contribution in [0.15, 0.2) is 54.6 Å². The van der Waals surface area contributed by atoms with Gasteiger partial charge in [-0.3, -0.25) is 9.69 Å². The van der Waals surface area contributed by atoms with Crippen LogP contribution in [0.3, 0.4) is 0 Å². The Hall–Kier alpha value is -2.17. The van der Waals surface area contributed by atoms with Crippen LogP contribution in [-0.4, -0.2) is 50.1 Å². The monoisotopic (exact) mass is 394 g/mol. The summed E-state index contributed by atoms with van der Waals surface area (Å²) in [5, 5.41) is 0. The third-order valence-corrected chi connectivity index (χ3v) is 5.76. The molecule has 0 amide bonds. The molecule has 2 aromatic rings. The molecule has 2 aromatic carbocycles. The molecule has 1 fully saturated rings. The SMILES string of the molecule is CCC(=O)C(c1ccc(N2CCOCC2)cc1)N(CC)CCCc1ccccc1. The molecule has 4 nitrogen and oxygen atoms in total. The van der Waals surface area contributed by atoms with E-state index in [-0.39, 0.29) is 6.04 Å². The lowest BCUT2D eigenvalue weighted by Gasteiger charge is -2.31. The maximum absolute atomic E-state index is 12.9. The van der Waals surface area contributed by atoms with Gasteiger partial charge >= 0.3 is 0 Å². The summed E-state index contributed by atoms with van der Waals surface area (Å²) < 4.78 is 5.45. The second-order valence-corrected chi connectivity index (χ2v) is 7.63. The van der Waals surface area contributed by atoms with Gasteiger partial charge in [0.1, 0.15) is 0 Å². The predicted molar refractivity (Wildman–Crippen MR) is 120 cm³/mol. The van der Waals surface area contributed by atoms with E-state index in [2.05, 4.69) is 71.3 Å². The number of hydrogen-bond acceptors (Lipinski definition) is 4. The minimum absolute atomic E-state index is 0.153. The number of likely N-dealkylation sites (N-methyl/N-ethyl adjacent to an activating group) is 1. The lowest BCUT2D eigenvalue weighted by molar-refractivity contribution is -0.124. The highest BCUT2D eigenvalue weighted by molar-refractivity contribution is 5.85. The molecule has 1 atom stereocenters. The topological polar surface area (TPSA) is 32.8 Å². The molecular weight excluding hydrogens is 360 g/mol. The fourth-order valence-corrected chi connectivity index (χ4v) is 4.08. The lowest BCUT2D eigenvalue weighted by Crippen LogP contribution is -2.36. The van der Waals surface area contributed by atoms with Gasteiger partial charge in [-0.1, -0.05) is 56.3 Å². The molecular formula is C25H34N2O2. The molecule has 1 heterocycles. The van der Waals surface area contributed by atoms with Gasteiger partial charge in [0.15, 0.2) is 5.78 Å². The first-order valence-electron chi connectivity index (χ1n) is 11.0. The molecule has 0 N–H and O–H groups in total. The summed E-state index contributed by atoms with van der Waals surface area (Å²) in [5.41, 5.74) is 3.68. The van der Waals surface area contributed by atoms with E-state index in [1.807, 2.05) is 6.92 Å². The molecule has 1 saturated heterocycles.